The summed E-state index contributed by atoms with van der Waals surface area (Å²) in [6, 6.07) is 6.48. The minimum absolute atomic E-state index is 0.192. The Labute approximate surface area is 181 Å². The van der Waals surface area contributed by atoms with Crippen LogP contribution in [0.15, 0.2) is 43.1 Å². The molecule has 0 aromatic carbocycles. The van der Waals surface area contributed by atoms with Gasteiger partial charge in [0.05, 0.1) is 0 Å². The molecule has 3 aromatic rings. The summed E-state index contributed by atoms with van der Waals surface area (Å²) in [7, 11) is 2.11. The van der Waals surface area contributed by atoms with Gasteiger partial charge in [0, 0.05) is 86.0 Å². The number of likely N-dealkylation sites (tertiary alicyclic amines) is 1. The molecule has 2 aliphatic heterocycles. The molecule has 5 heterocycles. The highest BCUT2D eigenvalue weighted by Crippen LogP contribution is 2.29. The van der Waals surface area contributed by atoms with E-state index in [0.717, 1.165) is 80.0 Å². The van der Waals surface area contributed by atoms with Crippen molar-refractivity contribution in [2.45, 2.75) is 18.8 Å². The molecular formula is C23H27N7O. The molecule has 3 aromatic heterocycles. The van der Waals surface area contributed by atoms with Gasteiger partial charge in [0.1, 0.15) is 6.33 Å². The third kappa shape index (κ3) is 4.20. The van der Waals surface area contributed by atoms with Crippen LogP contribution in [0.3, 0.4) is 0 Å². The van der Waals surface area contributed by atoms with Crippen LogP contribution in [0.4, 0.5) is 4.79 Å². The topological polar surface area (TPSA) is 78.4 Å². The van der Waals surface area contributed by atoms with E-state index in [9.17, 15) is 4.79 Å². The summed E-state index contributed by atoms with van der Waals surface area (Å²) in [6.45, 7) is 5.13. The van der Waals surface area contributed by atoms with Gasteiger partial charge < -0.3 is 14.7 Å². The molecule has 0 N–H and O–H groups in total. The third-order valence-corrected chi connectivity index (χ3v) is 6.42. The van der Waals surface area contributed by atoms with E-state index in [1.165, 1.54) is 6.33 Å². The Morgan fingerprint density at radius 1 is 0.903 bits per heavy atom. The van der Waals surface area contributed by atoms with Gasteiger partial charge in [-0.1, -0.05) is 0 Å². The lowest BCUT2D eigenvalue weighted by Crippen LogP contribution is -2.53. The van der Waals surface area contributed by atoms with Gasteiger partial charge in [0.25, 0.3) is 0 Å². The number of pyridine rings is 2. The van der Waals surface area contributed by atoms with E-state index in [-0.39, 0.29) is 6.03 Å². The number of piperazine rings is 1. The van der Waals surface area contributed by atoms with Crippen molar-refractivity contribution in [2.75, 3.05) is 46.3 Å². The van der Waals surface area contributed by atoms with Crippen molar-refractivity contribution in [3.05, 3.63) is 48.8 Å². The van der Waals surface area contributed by atoms with E-state index in [4.69, 9.17) is 4.98 Å². The number of fused-ring (bicyclic) bond motifs is 1. The van der Waals surface area contributed by atoms with Crippen molar-refractivity contribution in [1.29, 1.82) is 0 Å². The van der Waals surface area contributed by atoms with Crippen LogP contribution in [0.1, 0.15) is 24.5 Å². The Bertz CT molecular complexity index is 1060. The van der Waals surface area contributed by atoms with Gasteiger partial charge in [-0.15, -0.1) is 0 Å². The predicted octanol–water partition coefficient (Wildman–Crippen LogP) is 2.63. The second kappa shape index (κ2) is 8.55. The lowest BCUT2D eigenvalue weighted by molar-refractivity contribution is 0.113. The lowest BCUT2D eigenvalue weighted by atomic mass is 9.93. The predicted molar refractivity (Wildman–Crippen MR) is 119 cm³/mol. The SMILES string of the molecule is CN1CCN(C(=O)N2CCC(c3ccc4cc(-c5cncnc5)cnc4n3)CC2)CC1. The van der Waals surface area contributed by atoms with Gasteiger partial charge in [0.15, 0.2) is 5.65 Å². The van der Waals surface area contributed by atoms with Crippen LogP contribution in [0.2, 0.25) is 0 Å². The average molecular weight is 418 g/mol. The van der Waals surface area contributed by atoms with Gasteiger partial charge >= 0.3 is 6.03 Å². The highest BCUT2D eigenvalue weighted by molar-refractivity contribution is 5.80. The van der Waals surface area contributed by atoms with Crippen molar-refractivity contribution in [3.63, 3.8) is 0 Å². The Morgan fingerprint density at radius 2 is 1.61 bits per heavy atom. The summed E-state index contributed by atoms with van der Waals surface area (Å²) in [5, 5.41) is 1.01. The molecule has 2 fully saturated rings. The molecule has 8 heteroatoms. The summed E-state index contributed by atoms with van der Waals surface area (Å²) in [5.41, 5.74) is 3.76. The molecule has 0 atom stereocenters. The fourth-order valence-electron chi connectivity index (χ4n) is 4.42. The Kier molecular flexibility index (Phi) is 5.46. The van der Waals surface area contributed by atoms with Gasteiger partial charge in [0.2, 0.25) is 0 Å². The standard InChI is InChI=1S/C23H27N7O/c1-28-8-10-30(11-9-28)23(31)29-6-4-17(5-7-29)21-3-2-18-12-19(15-26-22(18)27-21)20-13-24-16-25-14-20/h2-3,12-17H,4-11H2,1H3. The maximum Gasteiger partial charge on any atom is 0.320 e. The van der Waals surface area contributed by atoms with E-state index in [0.29, 0.717) is 5.92 Å². The molecule has 0 spiro atoms. The smallest absolute Gasteiger partial charge is 0.320 e. The monoisotopic (exact) mass is 417 g/mol. The van der Waals surface area contributed by atoms with E-state index in [1.54, 1.807) is 12.4 Å². The van der Waals surface area contributed by atoms with Gasteiger partial charge in [-0.2, -0.15) is 0 Å². The highest BCUT2D eigenvalue weighted by atomic mass is 16.2. The molecule has 0 bridgehead atoms. The van der Waals surface area contributed by atoms with Gasteiger partial charge in [-0.3, -0.25) is 0 Å². The second-order valence-corrected chi connectivity index (χ2v) is 8.47. The van der Waals surface area contributed by atoms with Gasteiger partial charge in [-0.05, 0) is 38.1 Å². The van der Waals surface area contributed by atoms with Gasteiger partial charge in [-0.25, -0.2) is 24.7 Å². The van der Waals surface area contributed by atoms with Crippen LogP contribution in [0.25, 0.3) is 22.2 Å². The number of carbonyl (C=O) groups is 1. The summed E-state index contributed by atoms with van der Waals surface area (Å²) < 4.78 is 0. The minimum atomic E-state index is 0.192. The van der Waals surface area contributed by atoms with Crippen LogP contribution in [-0.2, 0) is 0 Å². The molecule has 0 radical (unpaired) electrons. The summed E-state index contributed by atoms with van der Waals surface area (Å²) in [4.78, 5) is 36.7. The minimum Gasteiger partial charge on any atom is -0.325 e. The number of hydrogen-bond donors (Lipinski definition) is 0. The lowest BCUT2D eigenvalue weighted by Gasteiger charge is -2.38. The first-order valence-corrected chi connectivity index (χ1v) is 10.9. The number of aromatic nitrogens is 4. The number of nitrogens with zero attached hydrogens (tertiary/aromatic N) is 7. The van der Waals surface area contributed by atoms with Crippen molar-refractivity contribution in [2.24, 2.45) is 0 Å². The first-order chi connectivity index (χ1) is 15.2. The summed E-state index contributed by atoms with van der Waals surface area (Å²) in [6.07, 6.45) is 8.81. The van der Waals surface area contributed by atoms with E-state index >= 15 is 0 Å². The van der Waals surface area contributed by atoms with E-state index in [1.807, 2.05) is 16.0 Å². The van der Waals surface area contributed by atoms with Crippen LogP contribution in [0, 0.1) is 0 Å². The molecule has 5 rings (SSSR count). The Balaban J connectivity index is 1.25. The Morgan fingerprint density at radius 3 is 2.35 bits per heavy atom. The molecule has 8 nitrogen and oxygen atoms in total. The number of urea groups is 1. The maximum absolute atomic E-state index is 12.8. The number of hydrogen-bond acceptors (Lipinski definition) is 6. The number of rotatable bonds is 2. The quantitative estimate of drug-likeness (QED) is 0.638. The van der Waals surface area contributed by atoms with Crippen molar-refractivity contribution in [3.8, 4) is 11.1 Å². The molecule has 2 aliphatic rings. The largest absolute Gasteiger partial charge is 0.325 e. The fraction of sp³-hybridized carbons (Fsp3) is 0.435. The maximum atomic E-state index is 12.8. The second-order valence-electron chi connectivity index (χ2n) is 8.47. The van der Waals surface area contributed by atoms with Crippen LogP contribution >= 0.6 is 0 Å². The average Bonchev–Trinajstić information content (AvgIpc) is 2.84. The highest BCUT2D eigenvalue weighted by Gasteiger charge is 2.29. The number of carbonyl (C=O) groups excluding carboxylic acids is 1. The molecule has 2 saturated heterocycles. The number of piperidine rings is 1. The van der Waals surface area contributed by atoms with Crippen LogP contribution in [0.5, 0.6) is 0 Å². The molecular weight excluding hydrogens is 390 g/mol. The van der Waals surface area contributed by atoms with Crippen molar-refractivity contribution >= 4 is 17.1 Å². The normalized spacial score (nSPS) is 18.5. The first-order valence-electron chi connectivity index (χ1n) is 10.9. The molecule has 0 saturated carbocycles. The molecule has 2 amide bonds. The fourth-order valence-corrected chi connectivity index (χ4v) is 4.42. The van der Waals surface area contributed by atoms with Crippen molar-refractivity contribution < 1.29 is 4.79 Å². The summed E-state index contributed by atoms with van der Waals surface area (Å²) >= 11 is 0. The molecule has 31 heavy (non-hydrogen) atoms. The first kappa shape index (κ1) is 19.8. The van der Waals surface area contributed by atoms with E-state index in [2.05, 4.69) is 45.1 Å². The van der Waals surface area contributed by atoms with E-state index < -0.39 is 0 Å². The number of likely N-dealkylation sites (N-methyl/N-ethyl adjacent to an activating group) is 1. The number of amides is 2. The van der Waals surface area contributed by atoms with Crippen molar-refractivity contribution in [1.82, 2.24) is 34.6 Å². The summed E-state index contributed by atoms with van der Waals surface area (Å²) in [5.74, 6) is 0.366. The zero-order valence-corrected chi connectivity index (χ0v) is 17.8. The molecule has 0 aliphatic carbocycles. The van der Waals surface area contributed by atoms with Crippen LogP contribution in [-0.4, -0.2) is 87.0 Å². The zero-order chi connectivity index (χ0) is 21.2. The van der Waals surface area contributed by atoms with Crippen LogP contribution < -0.4 is 0 Å². The molecule has 160 valence electrons. The zero-order valence-electron chi connectivity index (χ0n) is 17.8. The third-order valence-electron chi connectivity index (χ3n) is 6.42. The Hall–Kier alpha value is -3.13. The molecule has 0 unspecified atom stereocenters.